The van der Waals surface area contributed by atoms with Crippen LogP contribution in [0, 0.1) is 0 Å². The number of aliphatic carboxylic acids is 3. The Morgan fingerprint density at radius 1 is 0.733 bits per heavy atom. The largest absolute Gasteiger partial charge is 0.481 e. The van der Waals surface area contributed by atoms with E-state index in [-0.39, 0.29) is 6.42 Å². The van der Waals surface area contributed by atoms with Gasteiger partial charge in [0.05, 0.1) is 18.9 Å². The van der Waals surface area contributed by atoms with E-state index >= 15 is 0 Å². The van der Waals surface area contributed by atoms with Crippen molar-refractivity contribution in [1.82, 2.24) is 16.0 Å². The number of carboxylic acid groups (broad SMARTS) is 3. The summed E-state index contributed by atoms with van der Waals surface area (Å²) in [6.45, 7) is -0.843. The van der Waals surface area contributed by atoms with Crippen LogP contribution in [0.1, 0.15) is 25.7 Å². The lowest BCUT2D eigenvalue weighted by Gasteiger charge is -2.22. The van der Waals surface area contributed by atoms with Crippen molar-refractivity contribution >= 4 is 41.5 Å². The summed E-state index contributed by atoms with van der Waals surface area (Å²) in [6.07, 6.45) is -2.37. The molecule has 0 bridgehead atoms. The van der Waals surface area contributed by atoms with Crippen molar-refractivity contribution in [3.8, 4) is 0 Å². The minimum atomic E-state index is -1.72. The third kappa shape index (κ3) is 11.2. The van der Waals surface area contributed by atoms with E-state index in [1.54, 1.807) is 0 Å². The van der Waals surface area contributed by atoms with Crippen LogP contribution in [0.4, 0.5) is 0 Å². The number of hydrogen-bond donors (Lipinski definition) is 8. The lowest BCUT2D eigenvalue weighted by molar-refractivity contribution is -0.142. The van der Waals surface area contributed by atoms with Gasteiger partial charge in [0.25, 0.3) is 0 Å². The maximum absolute atomic E-state index is 12.4. The van der Waals surface area contributed by atoms with Crippen LogP contribution < -0.4 is 27.4 Å². The monoisotopic (exact) mass is 433 g/mol. The predicted molar refractivity (Wildman–Crippen MR) is 95.4 cm³/mol. The molecule has 0 aliphatic carbocycles. The van der Waals surface area contributed by atoms with Crippen molar-refractivity contribution in [3.05, 3.63) is 0 Å². The summed E-state index contributed by atoms with van der Waals surface area (Å²) in [5, 5.41) is 32.0. The highest BCUT2D eigenvalue weighted by Crippen LogP contribution is 2.01. The van der Waals surface area contributed by atoms with Gasteiger partial charge in [0, 0.05) is 6.42 Å². The third-order valence-corrected chi connectivity index (χ3v) is 3.47. The van der Waals surface area contributed by atoms with Gasteiger partial charge < -0.3 is 42.7 Å². The molecule has 0 spiro atoms. The van der Waals surface area contributed by atoms with Gasteiger partial charge in [0.1, 0.15) is 18.6 Å². The van der Waals surface area contributed by atoms with Crippen LogP contribution >= 0.6 is 0 Å². The third-order valence-electron chi connectivity index (χ3n) is 3.47. The number of carbonyl (C=O) groups excluding carboxylic acids is 4. The fourth-order valence-electron chi connectivity index (χ4n) is 2.04. The number of nitrogens with one attached hydrogen (secondary N) is 3. The maximum atomic E-state index is 12.4. The van der Waals surface area contributed by atoms with Gasteiger partial charge in [-0.1, -0.05) is 0 Å². The molecule has 30 heavy (non-hydrogen) atoms. The van der Waals surface area contributed by atoms with E-state index in [1.807, 2.05) is 10.6 Å². The van der Waals surface area contributed by atoms with E-state index in [2.05, 4.69) is 5.32 Å². The van der Waals surface area contributed by atoms with E-state index in [0.29, 0.717) is 0 Å². The molecule has 3 atom stereocenters. The molecule has 4 amide bonds. The van der Waals surface area contributed by atoms with Crippen molar-refractivity contribution in [2.45, 2.75) is 43.8 Å². The Balaban J connectivity index is 5.26. The maximum Gasteiger partial charge on any atom is 0.322 e. The topological polar surface area (TPSA) is 268 Å². The zero-order valence-corrected chi connectivity index (χ0v) is 15.6. The molecule has 0 fully saturated rings. The summed E-state index contributed by atoms with van der Waals surface area (Å²) in [5.41, 5.74) is 10.5. The van der Waals surface area contributed by atoms with Crippen molar-refractivity contribution in [3.63, 3.8) is 0 Å². The second-order valence-electron chi connectivity index (χ2n) is 6.04. The molecule has 0 radical (unpaired) electrons. The Kier molecular flexibility index (Phi) is 11.1. The highest BCUT2D eigenvalue weighted by molar-refractivity contribution is 5.97. The molecule has 0 aromatic rings. The van der Waals surface area contributed by atoms with E-state index in [0.717, 1.165) is 0 Å². The van der Waals surface area contributed by atoms with Gasteiger partial charge in [-0.15, -0.1) is 0 Å². The van der Waals surface area contributed by atoms with Crippen molar-refractivity contribution in [2.75, 3.05) is 6.54 Å². The number of nitrogens with two attached hydrogens (primary N) is 2. The lowest BCUT2D eigenvalue weighted by Crippen LogP contribution is -2.57. The van der Waals surface area contributed by atoms with Gasteiger partial charge in [-0.05, 0) is 6.42 Å². The average Bonchev–Trinajstić information content (AvgIpc) is 2.61. The van der Waals surface area contributed by atoms with Gasteiger partial charge in [0.15, 0.2) is 0 Å². The second kappa shape index (κ2) is 12.7. The van der Waals surface area contributed by atoms with Gasteiger partial charge in [-0.2, -0.15) is 0 Å². The van der Waals surface area contributed by atoms with Crippen LogP contribution in [-0.2, 0) is 33.6 Å². The Morgan fingerprint density at radius 2 is 1.27 bits per heavy atom. The average molecular weight is 433 g/mol. The summed E-state index contributed by atoms with van der Waals surface area (Å²) in [4.78, 5) is 79.5. The minimum Gasteiger partial charge on any atom is -0.481 e. The molecule has 15 heteroatoms. The first-order chi connectivity index (χ1) is 13.8. The molecule has 0 saturated carbocycles. The smallest absolute Gasteiger partial charge is 0.322 e. The van der Waals surface area contributed by atoms with Gasteiger partial charge in [-0.25, -0.2) is 0 Å². The van der Waals surface area contributed by atoms with E-state index in [9.17, 15) is 33.6 Å². The van der Waals surface area contributed by atoms with E-state index in [1.165, 1.54) is 0 Å². The van der Waals surface area contributed by atoms with Crippen LogP contribution in [0.15, 0.2) is 0 Å². The Hall–Kier alpha value is -3.75. The second-order valence-corrected chi connectivity index (χ2v) is 6.04. The molecule has 3 unspecified atom stereocenters. The van der Waals surface area contributed by atoms with Crippen LogP contribution in [0.3, 0.4) is 0 Å². The van der Waals surface area contributed by atoms with Crippen LogP contribution in [0.5, 0.6) is 0 Å². The summed E-state index contributed by atoms with van der Waals surface area (Å²) in [5.74, 6) is -8.44. The summed E-state index contributed by atoms with van der Waals surface area (Å²) in [7, 11) is 0. The van der Waals surface area contributed by atoms with Crippen molar-refractivity contribution < 1.29 is 48.9 Å². The molecule has 0 aliphatic rings. The quantitative estimate of drug-likeness (QED) is 0.130. The number of rotatable bonds is 14. The van der Waals surface area contributed by atoms with Gasteiger partial charge in [-0.3, -0.25) is 33.6 Å². The Bertz CT molecular complexity index is 710. The first-order valence-corrected chi connectivity index (χ1v) is 8.41. The number of carbonyl (C=O) groups is 7. The fraction of sp³-hybridized carbons (Fsp3) is 0.533. The fourth-order valence-corrected chi connectivity index (χ4v) is 2.04. The molecule has 10 N–H and O–H groups in total. The summed E-state index contributed by atoms with van der Waals surface area (Å²) >= 11 is 0. The van der Waals surface area contributed by atoms with E-state index < -0.39 is 85.5 Å². The molecular weight excluding hydrogens is 410 g/mol. The lowest BCUT2D eigenvalue weighted by atomic mass is 10.1. The van der Waals surface area contributed by atoms with Crippen LogP contribution in [0.2, 0.25) is 0 Å². The first-order valence-electron chi connectivity index (χ1n) is 8.41. The molecule has 0 aliphatic heterocycles. The molecule has 0 heterocycles. The first kappa shape index (κ1) is 26.2. The van der Waals surface area contributed by atoms with Crippen molar-refractivity contribution in [2.24, 2.45) is 11.5 Å². The number of primary amides is 1. The van der Waals surface area contributed by atoms with Crippen LogP contribution in [0.25, 0.3) is 0 Å². The number of carboxylic acids is 3. The molecular formula is C15H23N5O10. The SMILES string of the molecule is NC(=O)CC(NC(=O)C(N)CCC(=O)O)C(=O)NC(CC(=O)O)C(=O)NCC(=O)O. The zero-order valence-electron chi connectivity index (χ0n) is 15.6. The zero-order chi connectivity index (χ0) is 23.4. The Morgan fingerprint density at radius 3 is 1.73 bits per heavy atom. The minimum absolute atomic E-state index is 0.273. The molecule has 0 saturated heterocycles. The molecule has 15 nitrogen and oxygen atoms in total. The van der Waals surface area contributed by atoms with Crippen LogP contribution in [-0.4, -0.2) is 81.5 Å². The summed E-state index contributed by atoms with van der Waals surface area (Å²) < 4.78 is 0. The standard InChI is InChI=1S/C15H23N5O10/c16-6(1-2-10(22)23)13(28)19-7(3-9(17)21)15(30)20-8(4-11(24)25)14(29)18-5-12(26)27/h6-8H,1-5,16H2,(H2,17,21)(H,18,29)(H,19,28)(H,20,30)(H,22,23)(H,24,25)(H,26,27). The number of amides is 4. The van der Waals surface area contributed by atoms with E-state index in [4.69, 9.17) is 26.8 Å². The number of hydrogen-bond acceptors (Lipinski definition) is 8. The molecule has 0 rings (SSSR count). The Labute approximate surface area is 169 Å². The highest BCUT2D eigenvalue weighted by atomic mass is 16.4. The normalized spacial score (nSPS) is 13.2. The highest BCUT2D eigenvalue weighted by Gasteiger charge is 2.30. The van der Waals surface area contributed by atoms with Gasteiger partial charge in [0.2, 0.25) is 23.6 Å². The van der Waals surface area contributed by atoms with Gasteiger partial charge >= 0.3 is 17.9 Å². The van der Waals surface area contributed by atoms with Crippen molar-refractivity contribution in [1.29, 1.82) is 0 Å². The summed E-state index contributed by atoms with van der Waals surface area (Å²) in [6, 6.07) is -4.70. The molecule has 0 aromatic heterocycles. The predicted octanol–water partition coefficient (Wildman–Crippen LogP) is -4.30. The molecule has 168 valence electrons. The molecule has 0 aromatic carbocycles.